The summed E-state index contributed by atoms with van der Waals surface area (Å²) >= 11 is 0. The van der Waals surface area contributed by atoms with Crippen LogP contribution < -0.4 is 11.1 Å². The molecule has 100 valence electrons. The Morgan fingerprint density at radius 3 is 3.11 bits per heavy atom. The minimum Gasteiger partial charge on any atom is -0.396 e. The number of carbonyl (C=O) groups excluding carboxylic acids is 1. The van der Waals surface area contributed by atoms with E-state index in [1.54, 1.807) is 17.1 Å². The van der Waals surface area contributed by atoms with Crippen molar-refractivity contribution in [3.05, 3.63) is 12.4 Å². The summed E-state index contributed by atoms with van der Waals surface area (Å²) in [6.45, 7) is 6.49. The van der Waals surface area contributed by atoms with Crippen LogP contribution in [0.5, 0.6) is 0 Å². The van der Waals surface area contributed by atoms with Gasteiger partial charge in [0, 0.05) is 19.3 Å². The molecule has 0 aromatic carbocycles. The number of amides is 1. The van der Waals surface area contributed by atoms with Gasteiger partial charge in [0.05, 0.1) is 11.9 Å². The Morgan fingerprint density at radius 1 is 1.67 bits per heavy atom. The Hall–Kier alpha value is -1.56. The number of anilines is 1. The first-order valence-electron chi connectivity index (χ1n) is 6.44. The lowest BCUT2D eigenvalue weighted by Crippen LogP contribution is -2.33. The Labute approximate surface area is 107 Å². The van der Waals surface area contributed by atoms with Gasteiger partial charge in [-0.05, 0) is 25.4 Å². The number of nitrogens with two attached hydrogens (primary N) is 1. The van der Waals surface area contributed by atoms with Gasteiger partial charge in [-0.3, -0.25) is 9.48 Å². The molecule has 0 saturated carbocycles. The van der Waals surface area contributed by atoms with Crippen molar-refractivity contribution in [3.63, 3.8) is 0 Å². The van der Waals surface area contributed by atoms with Crippen molar-refractivity contribution in [1.82, 2.24) is 20.0 Å². The topological polar surface area (TPSA) is 76.2 Å². The number of nitrogen functional groups attached to an aromatic ring is 1. The third kappa shape index (κ3) is 3.46. The first-order valence-corrected chi connectivity index (χ1v) is 6.44. The van der Waals surface area contributed by atoms with Crippen molar-refractivity contribution >= 4 is 11.6 Å². The number of aromatic nitrogens is 2. The molecule has 2 rings (SSSR count). The second kappa shape index (κ2) is 5.86. The second-order valence-corrected chi connectivity index (χ2v) is 4.82. The van der Waals surface area contributed by atoms with E-state index in [1.165, 1.54) is 6.42 Å². The third-order valence-electron chi connectivity index (χ3n) is 3.36. The molecule has 6 heteroatoms. The zero-order chi connectivity index (χ0) is 13.0. The normalized spacial score (nSPS) is 20.2. The van der Waals surface area contributed by atoms with Crippen LogP contribution in [0.2, 0.25) is 0 Å². The predicted octanol–water partition coefficient (Wildman–Crippen LogP) is -0.0767. The molecule has 1 saturated heterocycles. The van der Waals surface area contributed by atoms with Gasteiger partial charge in [0.1, 0.15) is 6.54 Å². The molecule has 0 spiro atoms. The number of nitrogens with zero attached hydrogens (tertiary/aromatic N) is 3. The van der Waals surface area contributed by atoms with E-state index in [0.29, 0.717) is 11.6 Å². The van der Waals surface area contributed by atoms with Crippen LogP contribution in [-0.2, 0) is 11.3 Å². The molecule has 0 radical (unpaired) electrons. The highest BCUT2D eigenvalue weighted by Crippen LogP contribution is 2.14. The van der Waals surface area contributed by atoms with E-state index in [-0.39, 0.29) is 12.5 Å². The van der Waals surface area contributed by atoms with Crippen molar-refractivity contribution in [2.75, 3.05) is 31.9 Å². The molecule has 1 amide bonds. The predicted molar refractivity (Wildman–Crippen MR) is 69.9 cm³/mol. The van der Waals surface area contributed by atoms with Crippen LogP contribution in [0, 0.1) is 5.92 Å². The van der Waals surface area contributed by atoms with E-state index in [1.807, 2.05) is 0 Å². The molecule has 1 atom stereocenters. The molecule has 1 fully saturated rings. The summed E-state index contributed by atoms with van der Waals surface area (Å²) in [5.74, 6) is 0.574. The number of hydrogen-bond donors (Lipinski definition) is 2. The Morgan fingerprint density at radius 2 is 2.50 bits per heavy atom. The fourth-order valence-corrected chi connectivity index (χ4v) is 2.29. The summed E-state index contributed by atoms with van der Waals surface area (Å²) in [6, 6.07) is 0. The quantitative estimate of drug-likeness (QED) is 0.767. The van der Waals surface area contributed by atoms with Gasteiger partial charge in [0.2, 0.25) is 5.91 Å². The Bertz CT molecular complexity index is 403. The van der Waals surface area contributed by atoms with Crippen molar-refractivity contribution < 1.29 is 4.79 Å². The third-order valence-corrected chi connectivity index (χ3v) is 3.36. The van der Waals surface area contributed by atoms with Crippen molar-refractivity contribution in [2.24, 2.45) is 5.92 Å². The molecule has 18 heavy (non-hydrogen) atoms. The van der Waals surface area contributed by atoms with Gasteiger partial charge in [0.15, 0.2) is 0 Å². The lowest BCUT2D eigenvalue weighted by Gasteiger charge is -2.13. The van der Waals surface area contributed by atoms with Gasteiger partial charge in [-0.1, -0.05) is 6.92 Å². The standard InChI is InChI=1S/C12H21N5O/c1-2-16-4-3-10(7-16)5-14-12(18)9-17-8-11(13)6-15-17/h6,8,10H,2-5,7,9,13H2,1H3,(H,14,18). The van der Waals surface area contributed by atoms with E-state index < -0.39 is 0 Å². The molecule has 1 unspecified atom stereocenters. The largest absolute Gasteiger partial charge is 0.396 e. The number of nitrogens with one attached hydrogen (secondary N) is 1. The van der Waals surface area contributed by atoms with Gasteiger partial charge < -0.3 is 16.0 Å². The summed E-state index contributed by atoms with van der Waals surface area (Å²) in [5.41, 5.74) is 6.12. The minimum absolute atomic E-state index is 0.00644. The van der Waals surface area contributed by atoms with Crippen molar-refractivity contribution in [1.29, 1.82) is 0 Å². The number of carbonyl (C=O) groups is 1. The number of hydrogen-bond acceptors (Lipinski definition) is 4. The highest BCUT2D eigenvalue weighted by atomic mass is 16.2. The SMILES string of the molecule is CCN1CCC(CNC(=O)Cn2cc(N)cn2)C1. The van der Waals surface area contributed by atoms with Crippen LogP contribution in [0.25, 0.3) is 0 Å². The van der Waals surface area contributed by atoms with Crippen LogP contribution in [0.1, 0.15) is 13.3 Å². The van der Waals surface area contributed by atoms with Crippen molar-refractivity contribution in [2.45, 2.75) is 19.9 Å². The van der Waals surface area contributed by atoms with Gasteiger partial charge in [-0.15, -0.1) is 0 Å². The van der Waals surface area contributed by atoms with Gasteiger partial charge in [-0.25, -0.2) is 0 Å². The minimum atomic E-state index is -0.00644. The first-order chi connectivity index (χ1) is 8.67. The van der Waals surface area contributed by atoms with Crippen LogP contribution in [-0.4, -0.2) is 46.8 Å². The molecule has 1 aliphatic rings. The summed E-state index contributed by atoms with van der Waals surface area (Å²) < 4.78 is 1.55. The van der Waals surface area contributed by atoms with Gasteiger partial charge in [0.25, 0.3) is 0 Å². The maximum Gasteiger partial charge on any atom is 0.241 e. The molecule has 1 aromatic heterocycles. The smallest absolute Gasteiger partial charge is 0.241 e. The lowest BCUT2D eigenvalue weighted by atomic mass is 10.1. The summed E-state index contributed by atoms with van der Waals surface area (Å²) in [5, 5.41) is 6.94. The van der Waals surface area contributed by atoms with Gasteiger partial charge in [-0.2, -0.15) is 5.10 Å². The zero-order valence-corrected chi connectivity index (χ0v) is 10.8. The summed E-state index contributed by atoms with van der Waals surface area (Å²) in [6.07, 6.45) is 4.38. The first kappa shape index (κ1) is 12.9. The molecule has 1 aromatic rings. The Balaban J connectivity index is 1.69. The highest BCUT2D eigenvalue weighted by molar-refractivity contribution is 5.75. The molecule has 3 N–H and O–H groups in total. The van der Waals surface area contributed by atoms with E-state index in [9.17, 15) is 4.79 Å². The molecule has 0 aliphatic carbocycles. The Kier molecular flexibility index (Phi) is 4.19. The summed E-state index contributed by atoms with van der Waals surface area (Å²) in [7, 11) is 0. The second-order valence-electron chi connectivity index (χ2n) is 4.82. The maximum atomic E-state index is 11.7. The fourth-order valence-electron chi connectivity index (χ4n) is 2.29. The molecule has 2 heterocycles. The summed E-state index contributed by atoms with van der Waals surface area (Å²) in [4.78, 5) is 14.1. The monoisotopic (exact) mass is 251 g/mol. The van der Waals surface area contributed by atoms with Gasteiger partial charge >= 0.3 is 0 Å². The highest BCUT2D eigenvalue weighted by Gasteiger charge is 2.21. The molecular formula is C12H21N5O. The average molecular weight is 251 g/mol. The van der Waals surface area contributed by atoms with Crippen LogP contribution in [0.3, 0.4) is 0 Å². The lowest BCUT2D eigenvalue weighted by molar-refractivity contribution is -0.122. The van der Waals surface area contributed by atoms with E-state index >= 15 is 0 Å². The van der Waals surface area contributed by atoms with Crippen LogP contribution in [0.4, 0.5) is 5.69 Å². The number of likely N-dealkylation sites (tertiary alicyclic amines) is 1. The zero-order valence-electron chi connectivity index (χ0n) is 10.8. The van der Waals surface area contributed by atoms with Crippen molar-refractivity contribution in [3.8, 4) is 0 Å². The average Bonchev–Trinajstić information content (AvgIpc) is 2.95. The number of rotatable bonds is 5. The fraction of sp³-hybridized carbons (Fsp3) is 0.667. The molecule has 0 bridgehead atoms. The van der Waals surface area contributed by atoms with Crippen LogP contribution in [0.15, 0.2) is 12.4 Å². The van der Waals surface area contributed by atoms with Crippen LogP contribution >= 0.6 is 0 Å². The molecule has 1 aliphatic heterocycles. The molecular weight excluding hydrogens is 230 g/mol. The van der Waals surface area contributed by atoms with E-state index in [4.69, 9.17) is 5.73 Å². The molecule has 6 nitrogen and oxygen atoms in total. The maximum absolute atomic E-state index is 11.7. The van der Waals surface area contributed by atoms with E-state index in [2.05, 4.69) is 22.2 Å². The van der Waals surface area contributed by atoms with E-state index in [0.717, 1.165) is 26.2 Å².